The zero-order chi connectivity index (χ0) is 16.7. The van der Waals surface area contributed by atoms with Gasteiger partial charge in [0.1, 0.15) is 11.3 Å². The van der Waals surface area contributed by atoms with Crippen molar-refractivity contribution < 1.29 is 8.91 Å². The summed E-state index contributed by atoms with van der Waals surface area (Å²) in [4.78, 5) is 4.40. The lowest BCUT2D eigenvalue weighted by atomic mass is 10.2. The van der Waals surface area contributed by atoms with Crippen LogP contribution in [0.3, 0.4) is 0 Å². The minimum absolute atomic E-state index is 0.199. The Kier molecular flexibility index (Phi) is 3.34. The molecule has 0 aliphatic carbocycles. The highest BCUT2D eigenvalue weighted by atomic mass is 19.1. The SMILES string of the molecule is CC(C)n1nnc2ccc(-c3noc(-c4ccc(F)cc4)n3)cc21. The molecule has 0 fully saturated rings. The van der Waals surface area contributed by atoms with E-state index in [4.69, 9.17) is 4.52 Å². The Morgan fingerprint density at radius 1 is 1.04 bits per heavy atom. The predicted molar refractivity (Wildman–Crippen MR) is 86.6 cm³/mol. The molecule has 0 aliphatic heterocycles. The number of rotatable bonds is 3. The number of aromatic nitrogens is 5. The summed E-state index contributed by atoms with van der Waals surface area (Å²) in [5, 5.41) is 12.3. The minimum Gasteiger partial charge on any atom is -0.334 e. The predicted octanol–water partition coefficient (Wildman–Crippen LogP) is 3.87. The van der Waals surface area contributed by atoms with Crippen LogP contribution in [0, 0.1) is 5.82 Å². The lowest BCUT2D eigenvalue weighted by Crippen LogP contribution is -2.02. The van der Waals surface area contributed by atoms with Crippen molar-refractivity contribution >= 4 is 11.0 Å². The van der Waals surface area contributed by atoms with Crippen molar-refractivity contribution in [1.82, 2.24) is 25.1 Å². The number of nitrogens with zero attached hydrogens (tertiary/aromatic N) is 5. The first-order valence-corrected chi connectivity index (χ1v) is 7.57. The van der Waals surface area contributed by atoms with E-state index in [9.17, 15) is 4.39 Å². The molecule has 0 N–H and O–H groups in total. The van der Waals surface area contributed by atoms with Gasteiger partial charge in [-0.3, -0.25) is 0 Å². The summed E-state index contributed by atoms with van der Waals surface area (Å²) in [5.74, 6) is 0.506. The van der Waals surface area contributed by atoms with Crippen LogP contribution >= 0.6 is 0 Å². The third kappa shape index (κ3) is 2.44. The second-order valence-electron chi connectivity index (χ2n) is 5.76. The van der Waals surface area contributed by atoms with Gasteiger partial charge < -0.3 is 4.52 Å². The molecular formula is C17H14FN5O. The molecule has 0 saturated heterocycles. The minimum atomic E-state index is -0.307. The number of fused-ring (bicyclic) bond motifs is 1. The van der Waals surface area contributed by atoms with E-state index in [1.54, 1.807) is 12.1 Å². The molecule has 2 heterocycles. The van der Waals surface area contributed by atoms with Crippen LogP contribution in [0.1, 0.15) is 19.9 Å². The molecule has 24 heavy (non-hydrogen) atoms. The first-order chi connectivity index (χ1) is 11.6. The van der Waals surface area contributed by atoms with E-state index in [2.05, 4.69) is 20.5 Å². The molecule has 0 aliphatic rings. The molecular weight excluding hydrogens is 309 g/mol. The summed E-state index contributed by atoms with van der Waals surface area (Å²) < 4.78 is 20.2. The van der Waals surface area contributed by atoms with Gasteiger partial charge in [0, 0.05) is 17.2 Å². The Morgan fingerprint density at radius 3 is 2.54 bits per heavy atom. The largest absolute Gasteiger partial charge is 0.334 e. The number of benzene rings is 2. The standard InChI is InChI=1S/C17H14FN5O/c1-10(2)23-15-9-12(5-8-14(15)20-22-23)16-19-17(24-21-16)11-3-6-13(18)7-4-11/h3-10H,1-2H3. The van der Waals surface area contributed by atoms with Crippen LogP contribution in [0.2, 0.25) is 0 Å². The summed E-state index contributed by atoms with van der Waals surface area (Å²) in [7, 11) is 0. The van der Waals surface area contributed by atoms with Crippen LogP contribution in [0.5, 0.6) is 0 Å². The van der Waals surface area contributed by atoms with Gasteiger partial charge in [-0.05, 0) is 56.3 Å². The topological polar surface area (TPSA) is 69.6 Å². The molecule has 0 spiro atoms. The summed E-state index contributed by atoms with van der Waals surface area (Å²) in [6.07, 6.45) is 0. The van der Waals surface area contributed by atoms with Crippen LogP contribution in [0.4, 0.5) is 4.39 Å². The van der Waals surface area contributed by atoms with Crippen molar-refractivity contribution in [2.24, 2.45) is 0 Å². The maximum absolute atomic E-state index is 13.0. The molecule has 4 rings (SSSR count). The van der Waals surface area contributed by atoms with Crippen molar-refractivity contribution in [2.45, 2.75) is 19.9 Å². The molecule has 0 unspecified atom stereocenters. The second kappa shape index (κ2) is 5.52. The van der Waals surface area contributed by atoms with E-state index in [1.165, 1.54) is 12.1 Å². The van der Waals surface area contributed by atoms with Gasteiger partial charge in [-0.2, -0.15) is 4.98 Å². The number of halogens is 1. The van der Waals surface area contributed by atoms with E-state index in [0.717, 1.165) is 16.6 Å². The second-order valence-corrected chi connectivity index (χ2v) is 5.76. The quantitative estimate of drug-likeness (QED) is 0.572. The molecule has 0 saturated carbocycles. The summed E-state index contributed by atoms with van der Waals surface area (Å²) in [5.41, 5.74) is 3.21. The van der Waals surface area contributed by atoms with Crippen molar-refractivity contribution in [2.75, 3.05) is 0 Å². The van der Waals surface area contributed by atoms with Crippen LogP contribution < -0.4 is 0 Å². The molecule has 0 bridgehead atoms. The summed E-state index contributed by atoms with van der Waals surface area (Å²) >= 11 is 0. The Balaban J connectivity index is 1.75. The van der Waals surface area contributed by atoms with Crippen LogP contribution in [0.15, 0.2) is 47.0 Å². The van der Waals surface area contributed by atoms with Crippen LogP contribution in [-0.4, -0.2) is 25.1 Å². The van der Waals surface area contributed by atoms with E-state index < -0.39 is 0 Å². The Morgan fingerprint density at radius 2 is 1.79 bits per heavy atom. The molecule has 0 atom stereocenters. The fraction of sp³-hybridized carbons (Fsp3) is 0.176. The van der Waals surface area contributed by atoms with E-state index in [-0.39, 0.29) is 11.9 Å². The molecule has 0 radical (unpaired) electrons. The van der Waals surface area contributed by atoms with Crippen molar-refractivity contribution in [3.05, 3.63) is 48.3 Å². The van der Waals surface area contributed by atoms with Crippen molar-refractivity contribution in [1.29, 1.82) is 0 Å². The summed E-state index contributed by atoms with van der Waals surface area (Å²) in [6, 6.07) is 11.8. The third-order valence-corrected chi connectivity index (χ3v) is 3.74. The molecule has 4 aromatic rings. The monoisotopic (exact) mass is 323 g/mol. The highest BCUT2D eigenvalue weighted by Crippen LogP contribution is 2.25. The molecule has 120 valence electrons. The van der Waals surface area contributed by atoms with Gasteiger partial charge in [0.25, 0.3) is 5.89 Å². The van der Waals surface area contributed by atoms with E-state index >= 15 is 0 Å². The number of hydrogen-bond donors (Lipinski definition) is 0. The fourth-order valence-corrected chi connectivity index (χ4v) is 2.51. The van der Waals surface area contributed by atoms with Gasteiger partial charge in [0.05, 0.1) is 5.52 Å². The van der Waals surface area contributed by atoms with Crippen LogP contribution in [-0.2, 0) is 0 Å². The number of hydrogen-bond acceptors (Lipinski definition) is 5. The fourth-order valence-electron chi connectivity index (χ4n) is 2.51. The Labute approximate surface area is 136 Å². The molecule has 7 heteroatoms. The van der Waals surface area contributed by atoms with E-state index in [0.29, 0.717) is 17.3 Å². The first kappa shape index (κ1) is 14.5. The van der Waals surface area contributed by atoms with E-state index in [1.807, 2.05) is 36.7 Å². The highest BCUT2D eigenvalue weighted by molar-refractivity contribution is 5.80. The van der Waals surface area contributed by atoms with Gasteiger partial charge in [0.15, 0.2) is 0 Å². The first-order valence-electron chi connectivity index (χ1n) is 7.57. The molecule has 2 aromatic heterocycles. The maximum Gasteiger partial charge on any atom is 0.258 e. The maximum atomic E-state index is 13.0. The normalized spacial score (nSPS) is 11.5. The Hall–Kier alpha value is -3.09. The highest BCUT2D eigenvalue weighted by Gasteiger charge is 2.14. The molecule has 2 aromatic carbocycles. The van der Waals surface area contributed by atoms with Gasteiger partial charge >= 0.3 is 0 Å². The summed E-state index contributed by atoms with van der Waals surface area (Å²) in [6.45, 7) is 4.09. The lowest BCUT2D eigenvalue weighted by Gasteiger charge is -2.05. The van der Waals surface area contributed by atoms with Crippen molar-refractivity contribution in [3.63, 3.8) is 0 Å². The zero-order valence-electron chi connectivity index (χ0n) is 13.1. The molecule has 0 amide bonds. The Bertz CT molecular complexity index is 1000. The average Bonchev–Trinajstić information content (AvgIpc) is 3.22. The third-order valence-electron chi connectivity index (χ3n) is 3.74. The van der Waals surface area contributed by atoms with Gasteiger partial charge in [0.2, 0.25) is 5.82 Å². The van der Waals surface area contributed by atoms with Crippen molar-refractivity contribution in [3.8, 4) is 22.8 Å². The van der Waals surface area contributed by atoms with Crippen LogP contribution in [0.25, 0.3) is 33.9 Å². The smallest absolute Gasteiger partial charge is 0.258 e. The zero-order valence-corrected chi connectivity index (χ0v) is 13.1. The van der Waals surface area contributed by atoms with Gasteiger partial charge in [-0.25, -0.2) is 9.07 Å². The molecule has 6 nitrogen and oxygen atoms in total. The van der Waals surface area contributed by atoms with Gasteiger partial charge in [-0.15, -0.1) is 5.10 Å². The average molecular weight is 323 g/mol. The lowest BCUT2D eigenvalue weighted by molar-refractivity contribution is 0.432. The van der Waals surface area contributed by atoms with Gasteiger partial charge in [-0.1, -0.05) is 10.4 Å².